The van der Waals surface area contributed by atoms with Crippen molar-refractivity contribution in [3.8, 4) is 0 Å². The molecule has 0 radical (unpaired) electrons. The van der Waals surface area contributed by atoms with Crippen LogP contribution < -0.4 is 10.4 Å². The highest BCUT2D eigenvalue weighted by Gasteiger charge is 2.51. The normalized spacial score (nSPS) is 15.6. The second-order valence-corrected chi connectivity index (χ2v) is 16.6. The van der Waals surface area contributed by atoms with Gasteiger partial charge in [-0.1, -0.05) is 145 Å². The highest BCUT2D eigenvalue weighted by molar-refractivity contribution is 6.99. The van der Waals surface area contributed by atoms with Gasteiger partial charge in [0, 0.05) is 6.08 Å². The number of amides is 2. The van der Waals surface area contributed by atoms with Crippen molar-refractivity contribution in [1.82, 2.24) is 4.90 Å². The monoisotopic (exact) mass is 583 g/mol. The third kappa shape index (κ3) is 6.93. The van der Waals surface area contributed by atoms with Crippen molar-refractivity contribution in [2.24, 2.45) is 0 Å². The first-order valence-electron chi connectivity index (χ1n) is 15.3. The molecule has 2 amide bonds. The number of aryl methyl sites for hydroxylation is 1. The Morgan fingerprint density at radius 1 is 0.833 bits per heavy atom. The number of benzene rings is 3. The first kappa shape index (κ1) is 31.5. The Morgan fingerprint density at radius 2 is 1.38 bits per heavy atom. The van der Waals surface area contributed by atoms with Gasteiger partial charge in [0.25, 0.3) is 14.2 Å². The van der Waals surface area contributed by atoms with Gasteiger partial charge in [0.2, 0.25) is 0 Å². The zero-order valence-corrected chi connectivity index (χ0v) is 26.5. The van der Waals surface area contributed by atoms with Gasteiger partial charge in [0.05, 0.1) is 12.6 Å². The molecular weight excluding hydrogens is 538 g/mol. The van der Waals surface area contributed by atoms with E-state index in [1.807, 2.05) is 48.5 Å². The molecule has 3 aromatic carbocycles. The molecule has 0 spiro atoms. The second kappa shape index (κ2) is 14.1. The maximum atomic E-state index is 13.0. The van der Waals surface area contributed by atoms with Gasteiger partial charge in [0.15, 0.2) is 0 Å². The van der Waals surface area contributed by atoms with Crippen LogP contribution in [-0.2, 0) is 15.6 Å². The summed E-state index contributed by atoms with van der Waals surface area (Å²) in [6.45, 7) is 8.88. The number of carbonyl (C=O) groups excluding carboxylic acids is 1. The van der Waals surface area contributed by atoms with Gasteiger partial charge in [-0.15, -0.1) is 0 Å². The van der Waals surface area contributed by atoms with Gasteiger partial charge < -0.3 is 9.53 Å². The van der Waals surface area contributed by atoms with Gasteiger partial charge in [-0.25, -0.2) is 9.69 Å². The van der Waals surface area contributed by atoms with E-state index in [1.165, 1.54) is 43.7 Å². The molecular formula is C36H45NO4Si. The molecule has 0 fully saturated rings. The molecule has 5 nitrogen and oxygen atoms in total. The molecule has 1 heterocycles. The van der Waals surface area contributed by atoms with Crippen LogP contribution in [0.4, 0.5) is 4.79 Å². The minimum atomic E-state index is -2.93. The lowest BCUT2D eigenvalue weighted by atomic mass is 9.97. The number of nitrogens with zero attached hydrogens (tertiary/aromatic N) is 1. The Morgan fingerprint density at radius 3 is 1.90 bits per heavy atom. The number of unbranched alkanes of at least 4 members (excludes halogenated alkanes) is 5. The third-order valence-corrected chi connectivity index (χ3v) is 13.4. The summed E-state index contributed by atoms with van der Waals surface area (Å²) in [5.74, 6) is -0.523. The van der Waals surface area contributed by atoms with Crippen molar-refractivity contribution in [3.05, 3.63) is 102 Å². The second-order valence-electron chi connectivity index (χ2n) is 12.3. The zero-order chi connectivity index (χ0) is 30.2. The molecule has 1 atom stereocenters. The summed E-state index contributed by atoms with van der Waals surface area (Å²) in [6, 6.07) is 28.0. The Hall–Kier alpha value is -3.48. The van der Waals surface area contributed by atoms with E-state index in [9.17, 15) is 14.7 Å². The predicted molar refractivity (Wildman–Crippen MR) is 174 cm³/mol. The lowest BCUT2D eigenvalue weighted by Gasteiger charge is -2.44. The van der Waals surface area contributed by atoms with Crippen LogP contribution in [0.1, 0.15) is 77.3 Å². The summed E-state index contributed by atoms with van der Waals surface area (Å²) < 4.78 is 7.09. The molecule has 1 aliphatic heterocycles. The van der Waals surface area contributed by atoms with E-state index in [0.717, 1.165) is 33.7 Å². The van der Waals surface area contributed by atoms with Crippen LogP contribution in [-0.4, -0.2) is 43.0 Å². The molecule has 0 saturated heterocycles. The van der Waals surface area contributed by atoms with Crippen LogP contribution >= 0.6 is 0 Å². The summed E-state index contributed by atoms with van der Waals surface area (Å²) >= 11 is 0. The van der Waals surface area contributed by atoms with Crippen molar-refractivity contribution in [1.29, 1.82) is 0 Å². The SMILES string of the molecule is CCCCCCCCc1ccc(C2=CC(=O)N(C(=O)O)C2CO[Si](c2ccccc2)(c2ccccc2)C(C)(C)C)cc1. The molecule has 3 aromatic rings. The lowest BCUT2D eigenvalue weighted by Crippen LogP contribution is -2.67. The van der Waals surface area contributed by atoms with E-state index in [-0.39, 0.29) is 11.6 Å². The fourth-order valence-electron chi connectivity index (χ4n) is 6.20. The number of carbonyl (C=O) groups is 2. The minimum absolute atomic E-state index is 0.0800. The first-order valence-corrected chi connectivity index (χ1v) is 17.2. The molecule has 0 aromatic heterocycles. The van der Waals surface area contributed by atoms with Crippen molar-refractivity contribution in [3.63, 3.8) is 0 Å². The Kier molecular flexibility index (Phi) is 10.6. The van der Waals surface area contributed by atoms with Crippen molar-refractivity contribution >= 4 is 36.3 Å². The highest BCUT2D eigenvalue weighted by Crippen LogP contribution is 2.38. The maximum Gasteiger partial charge on any atom is 0.414 e. The van der Waals surface area contributed by atoms with Crippen molar-refractivity contribution < 1.29 is 19.1 Å². The number of imide groups is 1. The van der Waals surface area contributed by atoms with Gasteiger partial charge in [-0.3, -0.25) is 4.79 Å². The fourth-order valence-corrected chi connectivity index (χ4v) is 10.8. The van der Waals surface area contributed by atoms with Gasteiger partial charge in [-0.2, -0.15) is 0 Å². The minimum Gasteiger partial charge on any atom is -0.465 e. The quantitative estimate of drug-likeness (QED) is 0.168. The highest BCUT2D eigenvalue weighted by atomic mass is 28.4. The molecule has 1 N–H and O–H groups in total. The number of carboxylic acid groups (broad SMARTS) is 1. The lowest BCUT2D eigenvalue weighted by molar-refractivity contribution is -0.124. The number of rotatable bonds is 13. The van der Waals surface area contributed by atoms with Crippen LogP contribution in [0.2, 0.25) is 5.04 Å². The Balaban J connectivity index is 1.62. The predicted octanol–water partition coefficient (Wildman–Crippen LogP) is 7.44. The largest absolute Gasteiger partial charge is 0.465 e. The summed E-state index contributed by atoms with van der Waals surface area (Å²) in [4.78, 5) is 26.3. The average Bonchev–Trinajstić information content (AvgIpc) is 3.32. The molecule has 1 unspecified atom stereocenters. The van der Waals surface area contributed by atoms with Crippen LogP contribution in [0, 0.1) is 0 Å². The molecule has 4 rings (SSSR count). The van der Waals surface area contributed by atoms with Crippen molar-refractivity contribution in [2.45, 2.75) is 83.7 Å². The van der Waals surface area contributed by atoms with Crippen molar-refractivity contribution in [2.75, 3.05) is 6.61 Å². The number of hydrogen-bond donors (Lipinski definition) is 1. The van der Waals surface area contributed by atoms with Crippen LogP contribution in [0.5, 0.6) is 0 Å². The Bertz CT molecular complexity index is 1310. The zero-order valence-electron chi connectivity index (χ0n) is 25.5. The summed E-state index contributed by atoms with van der Waals surface area (Å²) in [7, 11) is -2.93. The summed E-state index contributed by atoms with van der Waals surface area (Å²) in [5, 5.41) is 12.0. The summed E-state index contributed by atoms with van der Waals surface area (Å²) in [6.07, 6.45) is 8.75. The summed E-state index contributed by atoms with van der Waals surface area (Å²) in [5.41, 5.74) is 2.80. The smallest absolute Gasteiger partial charge is 0.414 e. The van der Waals surface area contributed by atoms with E-state index >= 15 is 0 Å². The average molecular weight is 584 g/mol. The topological polar surface area (TPSA) is 66.8 Å². The van der Waals surface area contributed by atoms with Crippen LogP contribution in [0.3, 0.4) is 0 Å². The van der Waals surface area contributed by atoms with E-state index in [2.05, 4.69) is 64.1 Å². The molecule has 0 saturated carbocycles. The maximum absolute atomic E-state index is 13.0. The van der Waals surface area contributed by atoms with E-state index < -0.39 is 26.4 Å². The molecule has 0 aliphatic carbocycles. The molecule has 0 bridgehead atoms. The third-order valence-electron chi connectivity index (χ3n) is 8.37. The van der Waals surface area contributed by atoms with E-state index in [4.69, 9.17) is 4.43 Å². The van der Waals surface area contributed by atoms with Gasteiger partial charge in [0.1, 0.15) is 0 Å². The van der Waals surface area contributed by atoms with Gasteiger partial charge in [-0.05, 0) is 45.0 Å². The van der Waals surface area contributed by atoms with Crippen LogP contribution in [0.25, 0.3) is 5.57 Å². The van der Waals surface area contributed by atoms with Gasteiger partial charge >= 0.3 is 6.09 Å². The Labute approximate surface area is 252 Å². The first-order chi connectivity index (χ1) is 20.2. The standard InChI is InChI=1S/C36H45NO4Si/c1-5-6-7-8-9-12-17-28-22-24-29(25-23-28)32-26-34(38)37(35(39)40)33(32)27-41-42(36(2,3)4,30-18-13-10-14-19-30)31-20-15-11-16-21-31/h10-11,13-16,18-26,33H,5-9,12,17,27H2,1-4H3,(H,39,40). The van der Waals surface area contributed by atoms with Crippen LogP contribution in [0.15, 0.2) is 91.0 Å². The molecule has 1 aliphatic rings. The molecule has 222 valence electrons. The molecule has 6 heteroatoms. The van der Waals surface area contributed by atoms with E-state index in [1.54, 1.807) is 0 Å². The van der Waals surface area contributed by atoms with E-state index in [0.29, 0.717) is 5.57 Å². The molecule has 42 heavy (non-hydrogen) atoms. The fraction of sp³-hybridized carbons (Fsp3) is 0.389. The number of hydrogen-bond acceptors (Lipinski definition) is 3.